The number of nitrogens with two attached hydrogens (primary N) is 2. The molecule has 1 aromatic heterocycles. The summed E-state index contributed by atoms with van der Waals surface area (Å²) >= 11 is 0. The predicted molar refractivity (Wildman–Crippen MR) is 114 cm³/mol. The molecule has 0 aromatic carbocycles. The number of aliphatic hydroxyl groups excluding tert-OH is 1. The summed E-state index contributed by atoms with van der Waals surface area (Å²) in [6.07, 6.45) is 2.34. The maximum absolute atomic E-state index is 12.6. The molecule has 184 valence electrons. The third kappa shape index (κ3) is 9.65. The van der Waals surface area contributed by atoms with Crippen molar-refractivity contribution >= 4 is 29.6 Å². The van der Waals surface area contributed by atoms with E-state index < -0.39 is 66.8 Å². The summed E-state index contributed by atoms with van der Waals surface area (Å²) in [4.78, 5) is 66.7. The van der Waals surface area contributed by atoms with Gasteiger partial charge in [0.25, 0.3) is 0 Å². The van der Waals surface area contributed by atoms with Crippen LogP contribution in [-0.4, -0.2) is 80.6 Å². The molecule has 1 heterocycles. The predicted octanol–water partition coefficient (Wildman–Crippen LogP) is -3.27. The second-order valence-electron chi connectivity index (χ2n) is 7.89. The zero-order chi connectivity index (χ0) is 25.1. The van der Waals surface area contributed by atoms with Crippen LogP contribution in [0.2, 0.25) is 0 Å². The van der Waals surface area contributed by atoms with E-state index in [4.69, 9.17) is 11.5 Å². The molecule has 1 aromatic rings. The van der Waals surface area contributed by atoms with E-state index in [1.54, 1.807) is 0 Å². The van der Waals surface area contributed by atoms with Crippen molar-refractivity contribution in [2.75, 3.05) is 6.61 Å². The first-order valence-electron chi connectivity index (χ1n) is 10.2. The van der Waals surface area contributed by atoms with Crippen molar-refractivity contribution in [1.82, 2.24) is 25.9 Å². The lowest BCUT2D eigenvalue weighted by atomic mass is 10.0. The van der Waals surface area contributed by atoms with Gasteiger partial charge in [0.05, 0.1) is 25.4 Å². The quantitative estimate of drug-likeness (QED) is 0.136. The Kier molecular flexibility index (Phi) is 10.9. The first-order valence-corrected chi connectivity index (χ1v) is 10.2. The third-order valence-electron chi connectivity index (χ3n) is 4.51. The maximum atomic E-state index is 12.6. The molecule has 0 aliphatic heterocycles. The average molecular weight is 469 g/mol. The summed E-state index contributed by atoms with van der Waals surface area (Å²) < 4.78 is 0. The molecule has 4 atom stereocenters. The van der Waals surface area contributed by atoms with Gasteiger partial charge in [0.15, 0.2) is 0 Å². The number of aliphatic carboxylic acids is 1. The van der Waals surface area contributed by atoms with Gasteiger partial charge in [-0.3, -0.25) is 19.2 Å². The number of primary amides is 1. The third-order valence-corrected chi connectivity index (χ3v) is 4.51. The van der Waals surface area contributed by atoms with Crippen LogP contribution in [0, 0.1) is 5.92 Å². The number of imidazole rings is 1. The first-order chi connectivity index (χ1) is 15.4. The zero-order valence-electron chi connectivity index (χ0n) is 18.4. The summed E-state index contributed by atoms with van der Waals surface area (Å²) in [6, 6.07) is -5.32. The SMILES string of the molecule is CC(C)CC(N)C(=O)NC(CC(N)=O)C(=O)NC(CO)C(=O)NC(Cc1cnc[nH]1)C(=O)O. The molecule has 33 heavy (non-hydrogen) atoms. The van der Waals surface area contributed by atoms with Crippen molar-refractivity contribution in [3.63, 3.8) is 0 Å². The van der Waals surface area contributed by atoms with Crippen LogP contribution < -0.4 is 27.4 Å². The highest BCUT2D eigenvalue weighted by Crippen LogP contribution is 2.04. The highest BCUT2D eigenvalue weighted by atomic mass is 16.4. The molecule has 0 aliphatic rings. The number of carboxylic acid groups (broad SMARTS) is 1. The van der Waals surface area contributed by atoms with Crippen LogP contribution >= 0.6 is 0 Å². The van der Waals surface area contributed by atoms with E-state index in [-0.39, 0.29) is 12.3 Å². The lowest BCUT2D eigenvalue weighted by Crippen LogP contribution is -2.58. The molecule has 0 radical (unpaired) electrons. The number of aromatic amines is 1. The van der Waals surface area contributed by atoms with E-state index >= 15 is 0 Å². The zero-order valence-corrected chi connectivity index (χ0v) is 18.4. The number of hydrogen-bond donors (Lipinski definition) is 8. The fourth-order valence-electron chi connectivity index (χ4n) is 2.86. The van der Waals surface area contributed by atoms with Gasteiger partial charge in [0.2, 0.25) is 23.6 Å². The number of rotatable bonds is 14. The maximum Gasteiger partial charge on any atom is 0.326 e. The number of aliphatic hydroxyl groups is 1. The van der Waals surface area contributed by atoms with Crippen molar-refractivity contribution in [2.45, 2.75) is 57.3 Å². The standard InChI is InChI=1S/C19H31N7O7/c1-9(2)3-11(20)16(29)24-12(5-15(21)28)17(30)26-14(7-27)18(31)25-13(19(32)33)4-10-6-22-8-23-10/h6,8-9,11-14,27H,3-5,7,20H2,1-2H3,(H2,21,28)(H,22,23)(H,24,29)(H,25,31)(H,26,30)(H,32,33). The number of aromatic nitrogens is 2. The molecule has 0 aliphatic carbocycles. The molecule has 0 fully saturated rings. The van der Waals surface area contributed by atoms with Crippen LogP contribution in [0.25, 0.3) is 0 Å². The highest BCUT2D eigenvalue weighted by Gasteiger charge is 2.31. The van der Waals surface area contributed by atoms with E-state index in [0.717, 1.165) is 0 Å². The smallest absolute Gasteiger partial charge is 0.326 e. The second-order valence-corrected chi connectivity index (χ2v) is 7.89. The van der Waals surface area contributed by atoms with Crippen LogP contribution in [0.5, 0.6) is 0 Å². The lowest BCUT2D eigenvalue weighted by Gasteiger charge is -2.24. The van der Waals surface area contributed by atoms with Crippen LogP contribution in [0.15, 0.2) is 12.5 Å². The van der Waals surface area contributed by atoms with Crippen molar-refractivity contribution in [2.24, 2.45) is 17.4 Å². The molecule has 4 unspecified atom stereocenters. The van der Waals surface area contributed by atoms with Gasteiger partial charge in [-0.2, -0.15) is 0 Å². The van der Waals surface area contributed by atoms with Crippen molar-refractivity contribution in [1.29, 1.82) is 0 Å². The minimum atomic E-state index is -1.56. The van der Waals surface area contributed by atoms with Gasteiger partial charge in [0.1, 0.15) is 18.1 Å². The molecule has 1 rings (SSSR count). The minimum Gasteiger partial charge on any atom is -0.480 e. The number of carbonyl (C=O) groups is 5. The van der Waals surface area contributed by atoms with Gasteiger partial charge in [0, 0.05) is 18.3 Å². The lowest BCUT2D eigenvalue weighted by molar-refractivity contribution is -0.142. The Balaban J connectivity index is 2.84. The fraction of sp³-hybridized carbons (Fsp3) is 0.579. The first kappa shape index (κ1) is 27.5. The van der Waals surface area contributed by atoms with E-state index in [9.17, 15) is 34.2 Å². The number of nitrogens with zero attached hydrogens (tertiary/aromatic N) is 1. The van der Waals surface area contributed by atoms with E-state index in [0.29, 0.717) is 12.1 Å². The summed E-state index contributed by atoms with van der Waals surface area (Å²) in [7, 11) is 0. The van der Waals surface area contributed by atoms with Gasteiger partial charge in [-0.05, 0) is 12.3 Å². The molecule has 14 heteroatoms. The molecule has 4 amide bonds. The molecule has 0 saturated carbocycles. The Morgan fingerprint density at radius 3 is 2.09 bits per heavy atom. The van der Waals surface area contributed by atoms with Gasteiger partial charge in [-0.15, -0.1) is 0 Å². The van der Waals surface area contributed by atoms with Gasteiger partial charge >= 0.3 is 5.97 Å². The van der Waals surface area contributed by atoms with Crippen molar-refractivity contribution in [3.05, 3.63) is 18.2 Å². The summed E-state index contributed by atoms with van der Waals surface area (Å²) in [5, 5.41) is 25.6. The Morgan fingerprint density at radius 2 is 1.61 bits per heavy atom. The Morgan fingerprint density at radius 1 is 1.03 bits per heavy atom. The molecular weight excluding hydrogens is 438 g/mol. The number of carboxylic acids is 1. The molecule has 0 spiro atoms. The number of H-pyrrole nitrogens is 1. The normalized spacial score (nSPS) is 14.6. The van der Waals surface area contributed by atoms with Crippen LogP contribution in [-0.2, 0) is 30.4 Å². The molecular formula is C19H31N7O7. The van der Waals surface area contributed by atoms with Crippen LogP contribution in [0.1, 0.15) is 32.4 Å². The topological polar surface area (TPSA) is 243 Å². The molecule has 10 N–H and O–H groups in total. The average Bonchev–Trinajstić information content (AvgIpc) is 3.22. The Labute approximate surface area is 189 Å². The summed E-state index contributed by atoms with van der Waals surface area (Å²) in [5.74, 6) is -4.81. The Hall–Kier alpha value is -3.52. The number of carbonyl (C=O) groups excluding carboxylic acids is 4. The van der Waals surface area contributed by atoms with Gasteiger partial charge in [-0.25, -0.2) is 9.78 Å². The molecule has 14 nitrogen and oxygen atoms in total. The van der Waals surface area contributed by atoms with Crippen molar-refractivity contribution < 1.29 is 34.2 Å². The van der Waals surface area contributed by atoms with Crippen molar-refractivity contribution in [3.8, 4) is 0 Å². The minimum absolute atomic E-state index is 0.0978. The summed E-state index contributed by atoms with van der Waals surface area (Å²) in [6.45, 7) is 2.82. The second kappa shape index (κ2) is 13.1. The van der Waals surface area contributed by atoms with Gasteiger partial charge in [-0.1, -0.05) is 13.8 Å². The molecule has 0 saturated heterocycles. The van der Waals surface area contributed by atoms with Gasteiger partial charge < -0.3 is 42.6 Å². The fourth-order valence-corrected chi connectivity index (χ4v) is 2.86. The number of amides is 4. The number of nitrogens with one attached hydrogen (secondary N) is 4. The largest absolute Gasteiger partial charge is 0.480 e. The van der Waals surface area contributed by atoms with Crippen LogP contribution in [0.3, 0.4) is 0 Å². The monoisotopic (exact) mass is 469 g/mol. The van der Waals surface area contributed by atoms with E-state index in [2.05, 4.69) is 25.9 Å². The summed E-state index contributed by atoms with van der Waals surface area (Å²) in [5.41, 5.74) is 11.4. The Bertz CT molecular complexity index is 828. The van der Waals surface area contributed by atoms with Crippen LogP contribution in [0.4, 0.5) is 0 Å². The number of hydrogen-bond acceptors (Lipinski definition) is 8. The highest BCUT2D eigenvalue weighted by molar-refractivity contribution is 5.96. The molecule has 0 bridgehead atoms. The van der Waals surface area contributed by atoms with E-state index in [1.165, 1.54) is 12.5 Å². The van der Waals surface area contributed by atoms with E-state index in [1.807, 2.05) is 13.8 Å².